The first kappa shape index (κ1) is 18.0. The Labute approximate surface area is 144 Å². The van der Waals surface area contributed by atoms with Gasteiger partial charge >= 0.3 is 0 Å². The fourth-order valence-electron chi connectivity index (χ4n) is 2.41. The van der Waals surface area contributed by atoms with Gasteiger partial charge in [-0.05, 0) is 36.6 Å². The molecule has 24 heavy (non-hydrogen) atoms. The number of hydrogen-bond donors (Lipinski definition) is 1. The second-order valence-electron chi connectivity index (χ2n) is 5.54. The molecule has 0 aliphatic carbocycles. The number of nitrogens with two attached hydrogens (primary N) is 1. The first-order valence-electron chi connectivity index (χ1n) is 8.10. The summed E-state index contributed by atoms with van der Waals surface area (Å²) in [7, 11) is 3.31. The van der Waals surface area contributed by atoms with Gasteiger partial charge in [0.2, 0.25) is 0 Å². The van der Waals surface area contributed by atoms with Gasteiger partial charge in [0.1, 0.15) is 18.1 Å². The van der Waals surface area contributed by atoms with E-state index in [9.17, 15) is 0 Å². The second kappa shape index (κ2) is 9.11. The zero-order chi connectivity index (χ0) is 17.4. The van der Waals surface area contributed by atoms with Crippen LogP contribution in [0.5, 0.6) is 5.75 Å². The highest BCUT2D eigenvalue weighted by atomic mass is 16.6. The topological polar surface area (TPSA) is 44.3 Å². The maximum Gasteiger partial charge on any atom is 0.173 e. The second-order valence-corrected chi connectivity index (χ2v) is 5.54. The van der Waals surface area contributed by atoms with Crippen molar-refractivity contribution in [2.24, 2.45) is 0 Å². The molecule has 0 aliphatic rings. The molecule has 4 nitrogen and oxygen atoms in total. The maximum atomic E-state index is 6.20. The molecular formula is C20H26NO3+. The van der Waals surface area contributed by atoms with E-state index in [0.717, 1.165) is 34.7 Å². The van der Waals surface area contributed by atoms with Crippen LogP contribution in [0, 0.1) is 0 Å². The Balaban J connectivity index is 2.37. The first-order chi connectivity index (χ1) is 11.7. The Bertz CT molecular complexity index is 681. The summed E-state index contributed by atoms with van der Waals surface area (Å²) >= 11 is 0. The van der Waals surface area contributed by atoms with Gasteiger partial charge in [-0.15, -0.1) is 0 Å². The fraction of sp³-hybridized carbons (Fsp3) is 0.300. The van der Waals surface area contributed by atoms with Gasteiger partial charge in [-0.1, -0.05) is 37.3 Å². The van der Waals surface area contributed by atoms with Gasteiger partial charge < -0.3 is 9.47 Å². The molecule has 2 aromatic rings. The van der Waals surface area contributed by atoms with Crippen LogP contribution in [0.25, 0.3) is 5.76 Å². The fourth-order valence-corrected chi connectivity index (χ4v) is 2.41. The Kier molecular flexibility index (Phi) is 6.85. The molecule has 0 heterocycles. The van der Waals surface area contributed by atoms with Crippen molar-refractivity contribution < 1.29 is 19.8 Å². The molecule has 2 aromatic carbocycles. The van der Waals surface area contributed by atoms with Crippen molar-refractivity contribution in [1.29, 1.82) is 0 Å². The van der Waals surface area contributed by atoms with E-state index >= 15 is 0 Å². The normalized spacial score (nSPS) is 11.8. The van der Waals surface area contributed by atoms with Crippen molar-refractivity contribution in [2.45, 2.75) is 26.9 Å². The lowest BCUT2D eigenvalue weighted by Crippen LogP contribution is -2.76. The molecule has 0 saturated carbocycles. The smallest absolute Gasteiger partial charge is 0.173 e. The summed E-state index contributed by atoms with van der Waals surface area (Å²) < 4.78 is 11.6. The van der Waals surface area contributed by atoms with E-state index in [1.165, 1.54) is 5.57 Å². The third-order valence-corrected chi connectivity index (χ3v) is 3.89. The summed E-state index contributed by atoms with van der Waals surface area (Å²) in [5.74, 6) is 1.67. The van der Waals surface area contributed by atoms with Gasteiger partial charge in [0.05, 0.1) is 19.8 Å². The Morgan fingerprint density at radius 2 is 1.79 bits per heavy atom. The minimum atomic E-state index is 0.525. The van der Waals surface area contributed by atoms with Crippen LogP contribution in [0.3, 0.4) is 0 Å². The summed E-state index contributed by atoms with van der Waals surface area (Å²) in [6.07, 6.45) is 0.910. The SMILES string of the molecule is CC/C(C)=C(/OCc1ccccc1)c1cc(OC)ccc1[NH2+]OC. The van der Waals surface area contributed by atoms with Gasteiger partial charge in [-0.25, -0.2) is 4.84 Å². The zero-order valence-electron chi connectivity index (χ0n) is 14.8. The van der Waals surface area contributed by atoms with Crippen LogP contribution in [0.4, 0.5) is 5.69 Å². The molecule has 2 rings (SSSR count). The third kappa shape index (κ3) is 4.60. The maximum absolute atomic E-state index is 6.20. The van der Waals surface area contributed by atoms with Gasteiger partial charge in [0.25, 0.3) is 0 Å². The first-order valence-corrected chi connectivity index (χ1v) is 8.10. The van der Waals surface area contributed by atoms with Gasteiger partial charge in [-0.3, -0.25) is 0 Å². The molecular weight excluding hydrogens is 302 g/mol. The lowest BCUT2D eigenvalue weighted by molar-refractivity contribution is -0.830. The molecule has 0 spiro atoms. The molecule has 0 saturated heterocycles. The van der Waals surface area contributed by atoms with E-state index in [1.54, 1.807) is 19.7 Å². The van der Waals surface area contributed by atoms with E-state index < -0.39 is 0 Å². The zero-order valence-corrected chi connectivity index (χ0v) is 14.8. The van der Waals surface area contributed by atoms with Crippen molar-refractivity contribution in [3.05, 3.63) is 65.2 Å². The van der Waals surface area contributed by atoms with E-state index in [-0.39, 0.29) is 0 Å². The highest BCUT2D eigenvalue weighted by Gasteiger charge is 2.17. The average molecular weight is 328 g/mol. The van der Waals surface area contributed by atoms with Crippen LogP contribution in [-0.2, 0) is 16.2 Å². The average Bonchev–Trinajstić information content (AvgIpc) is 2.63. The highest BCUT2D eigenvalue weighted by molar-refractivity contribution is 5.71. The minimum absolute atomic E-state index is 0.525. The number of rotatable bonds is 8. The van der Waals surface area contributed by atoms with E-state index in [0.29, 0.717) is 6.61 Å². The largest absolute Gasteiger partial charge is 0.497 e. The minimum Gasteiger partial charge on any atom is -0.497 e. The van der Waals surface area contributed by atoms with Crippen LogP contribution in [0.1, 0.15) is 31.4 Å². The summed E-state index contributed by atoms with van der Waals surface area (Å²) in [4.78, 5) is 5.22. The monoisotopic (exact) mass is 328 g/mol. The summed E-state index contributed by atoms with van der Waals surface area (Å²) in [6.45, 7) is 4.74. The van der Waals surface area contributed by atoms with E-state index in [4.69, 9.17) is 14.3 Å². The summed E-state index contributed by atoms with van der Waals surface area (Å²) in [5.41, 5.74) is 5.99. The molecule has 0 atom stereocenters. The van der Waals surface area contributed by atoms with Crippen LogP contribution in [0.15, 0.2) is 54.1 Å². The number of ether oxygens (including phenoxy) is 2. The number of methoxy groups -OCH3 is 1. The molecule has 0 bridgehead atoms. The molecule has 0 radical (unpaired) electrons. The highest BCUT2D eigenvalue weighted by Crippen LogP contribution is 2.30. The molecule has 0 aliphatic heterocycles. The molecule has 0 aromatic heterocycles. The van der Waals surface area contributed by atoms with Crippen molar-refractivity contribution >= 4 is 11.4 Å². The molecule has 4 heteroatoms. The standard InChI is InChI=1S/C20H25NO3/c1-5-15(2)20(24-14-16-9-7-6-8-10-16)18-13-17(22-3)11-12-19(18)21-23-4/h6-13,21H,5,14H2,1-4H3/p+1/b20-15+. The molecule has 0 fully saturated rings. The van der Waals surface area contributed by atoms with Crippen molar-refractivity contribution in [3.8, 4) is 5.75 Å². The summed E-state index contributed by atoms with van der Waals surface area (Å²) in [6, 6.07) is 16.1. The molecule has 2 N–H and O–H groups in total. The van der Waals surface area contributed by atoms with Crippen LogP contribution in [0.2, 0.25) is 0 Å². The van der Waals surface area contributed by atoms with Crippen molar-refractivity contribution in [2.75, 3.05) is 14.2 Å². The van der Waals surface area contributed by atoms with Gasteiger partial charge in [0.15, 0.2) is 5.69 Å². The lowest BCUT2D eigenvalue weighted by Gasteiger charge is -2.16. The number of benzene rings is 2. The molecule has 0 unspecified atom stereocenters. The predicted octanol–water partition coefficient (Wildman–Crippen LogP) is 3.81. The van der Waals surface area contributed by atoms with E-state index in [2.05, 4.69) is 26.0 Å². The van der Waals surface area contributed by atoms with E-state index in [1.807, 2.05) is 36.4 Å². The van der Waals surface area contributed by atoms with Crippen molar-refractivity contribution in [1.82, 2.24) is 0 Å². The lowest BCUT2D eigenvalue weighted by atomic mass is 10.1. The Morgan fingerprint density at radius 1 is 1.04 bits per heavy atom. The predicted molar refractivity (Wildman–Crippen MR) is 95.7 cm³/mol. The quantitative estimate of drug-likeness (QED) is 0.455. The molecule has 128 valence electrons. The molecule has 0 amide bonds. The number of allylic oxidation sites excluding steroid dienone is 1. The van der Waals surface area contributed by atoms with Crippen LogP contribution >= 0.6 is 0 Å². The van der Waals surface area contributed by atoms with Gasteiger partial charge in [0, 0.05) is 6.07 Å². The van der Waals surface area contributed by atoms with Crippen LogP contribution < -0.4 is 10.2 Å². The van der Waals surface area contributed by atoms with Crippen LogP contribution in [-0.4, -0.2) is 14.2 Å². The Hall–Kier alpha value is -2.30. The Morgan fingerprint density at radius 3 is 2.42 bits per heavy atom. The number of hydrogen-bond acceptors (Lipinski definition) is 3. The number of quaternary nitrogens is 1. The summed E-state index contributed by atoms with van der Waals surface area (Å²) in [5, 5.41) is 0. The van der Waals surface area contributed by atoms with Gasteiger partial charge in [-0.2, -0.15) is 5.48 Å². The van der Waals surface area contributed by atoms with Crippen molar-refractivity contribution in [3.63, 3.8) is 0 Å². The third-order valence-electron chi connectivity index (χ3n) is 3.89.